The molecule has 1 aromatic carbocycles. The van der Waals surface area contributed by atoms with Gasteiger partial charge < -0.3 is 0 Å². The van der Waals surface area contributed by atoms with Gasteiger partial charge in [-0.3, -0.25) is 14.4 Å². The van der Waals surface area contributed by atoms with Crippen LogP contribution < -0.4 is 5.32 Å². The first kappa shape index (κ1) is 14.7. The molecule has 0 aliphatic carbocycles. The summed E-state index contributed by atoms with van der Waals surface area (Å²) in [5, 5.41) is 3.06. The molecule has 6 nitrogen and oxygen atoms in total. The van der Waals surface area contributed by atoms with Crippen molar-refractivity contribution in [3.8, 4) is 0 Å². The van der Waals surface area contributed by atoms with E-state index in [0.717, 1.165) is 9.18 Å². The summed E-state index contributed by atoms with van der Waals surface area (Å²) in [7, 11) is -2.35. The summed E-state index contributed by atoms with van der Waals surface area (Å²) in [6.07, 6.45) is 3.21. The van der Waals surface area contributed by atoms with E-state index in [2.05, 4.69) is 10.3 Å². The molecule has 1 N–H and O–H groups in total. The monoisotopic (exact) mass is 335 g/mol. The Morgan fingerprint density at radius 3 is 2.73 bits per heavy atom. The first-order chi connectivity index (χ1) is 10.4. The van der Waals surface area contributed by atoms with Gasteiger partial charge in [0.05, 0.1) is 4.90 Å². The average molecular weight is 335 g/mol. The third kappa shape index (κ3) is 2.40. The number of anilines is 1. The number of sulfonamides is 1. The largest absolute Gasteiger partial charge is 0.297 e. The van der Waals surface area contributed by atoms with E-state index in [1.54, 1.807) is 30.5 Å². The van der Waals surface area contributed by atoms with Gasteiger partial charge in [0, 0.05) is 18.1 Å². The molecule has 0 atom stereocenters. The molecule has 114 valence electrons. The Morgan fingerprint density at radius 1 is 1.32 bits per heavy atom. The van der Waals surface area contributed by atoms with Gasteiger partial charge in [0.2, 0.25) is 0 Å². The fourth-order valence-electron chi connectivity index (χ4n) is 2.13. The van der Waals surface area contributed by atoms with E-state index in [0.29, 0.717) is 10.7 Å². The maximum absolute atomic E-state index is 12.5. The summed E-state index contributed by atoms with van der Waals surface area (Å²) >= 11 is 1.33. The van der Waals surface area contributed by atoms with Crippen molar-refractivity contribution in [2.24, 2.45) is 0 Å². The zero-order chi connectivity index (χ0) is 15.9. The highest BCUT2D eigenvalue weighted by atomic mass is 32.2. The van der Waals surface area contributed by atoms with Crippen LogP contribution in [0.1, 0.15) is 10.4 Å². The van der Waals surface area contributed by atoms with Gasteiger partial charge >= 0.3 is 0 Å². The Labute approximate surface area is 132 Å². The lowest BCUT2D eigenvalue weighted by atomic mass is 10.2. The molecule has 22 heavy (non-hydrogen) atoms. The highest BCUT2D eigenvalue weighted by Crippen LogP contribution is 2.30. The van der Waals surface area contributed by atoms with E-state index in [9.17, 15) is 13.2 Å². The summed E-state index contributed by atoms with van der Waals surface area (Å²) < 4.78 is 25.9. The van der Waals surface area contributed by atoms with Gasteiger partial charge in [-0.2, -0.15) is 0 Å². The molecular weight excluding hydrogens is 322 g/mol. The number of hydrogen-bond acceptors (Lipinski definition) is 5. The van der Waals surface area contributed by atoms with Gasteiger partial charge in [0.15, 0.2) is 5.13 Å². The fourth-order valence-corrected chi connectivity index (χ4v) is 4.16. The number of hydrogen-bond donors (Lipinski definition) is 1. The van der Waals surface area contributed by atoms with Crippen LogP contribution in [0.3, 0.4) is 0 Å². The Hall–Kier alpha value is -2.19. The van der Waals surface area contributed by atoms with Gasteiger partial charge in [0.25, 0.3) is 15.9 Å². The van der Waals surface area contributed by atoms with Crippen LogP contribution in [-0.4, -0.2) is 30.7 Å². The zero-order valence-electron chi connectivity index (χ0n) is 11.9. The Bertz CT molecular complexity index is 884. The van der Waals surface area contributed by atoms with Crippen molar-refractivity contribution in [1.29, 1.82) is 0 Å². The number of aromatic nitrogens is 1. The number of likely N-dealkylation sites (N-methyl/N-ethyl adjacent to an activating group) is 1. The molecule has 0 unspecified atom stereocenters. The summed E-state index contributed by atoms with van der Waals surface area (Å²) in [6, 6.07) is 6.58. The van der Waals surface area contributed by atoms with E-state index >= 15 is 0 Å². The molecular formula is C14H13N3O3S2. The van der Waals surface area contributed by atoms with Gasteiger partial charge in [-0.1, -0.05) is 18.2 Å². The minimum absolute atomic E-state index is 0.0616. The second-order valence-corrected chi connectivity index (χ2v) is 7.94. The highest BCUT2D eigenvalue weighted by Gasteiger charge is 2.32. The molecule has 2 heterocycles. The first-order valence-electron chi connectivity index (χ1n) is 6.43. The molecule has 2 aromatic rings. The standard InChI is InChI=1S/C14H13N3O3S2/c1-9-8-15-14(21-9)16-13(18)11-7-10-5-3-4-6-12(10)22(19,20)17(11)2/h3-8H,1-2H3,(H,15,16,18). The molecule has 8 heteroatoms. The molecule has 0 bridgehead atoms. The molecule has 0 spiro atoms. The lowest BCUT2D eigenvalue weighted by Crippen LogP contribution is -2.35. The lowest BCUT2D eigenvalue weighted by Gasteiger charge is -2.26. The van der Waals surface area contributed by atoms with Crippen molar-refractivity contribution in [3.63, 3.8) is 0 Å². The number of nitrogens with zero attached hydrogens (tertiary/aromatic N) is 2. The maximum Gasteiger partial charge on any atom is 0.274 e. The van der Waals surface area contributed by atoms with E-state index in [-0.39, 0.29) is 10.6 Å². The number of aryl methyl sites for hydroxylation is 1. The summed E-state index contributed by atoms with van der Waals surface area (Å²) in [5.41, 5.74) is 0.563. The molecule has 3 rings (SSSR count). The molecule has 0 saturated carbocycles. The van der Waals surface area contributed by atoms with Crippen LogP contribution in [0.25, 0.3) is 6.08 Å². The topological polar surface area (TPSA) is 79.4 Å². The van der Waals surface area contributed by atoms with Crippen molar-refractivity contribution < 1.29 is 13.2 Å². The second-order valence-electron chi connectivity index (χ2n) is 4.77. The van der Waals surface area contributed by atoms with Gasteiger partial charge in [0.1, 0.15) is 5.70 Å². The van der Waals surface area contributed by atoms with Crippen LogP contribution in [0.5, 0.6) is 0 Å². The third-order valence-electron chi connectivity index (χ3n) is 3.26. The molecule has 1 aliphatic rings. The highest BCUT2D eigenvalue weighted by molar-refractivity contribution is 7.89. The second kappa shape index (κ2) is 5.22. The molecule has 0 fully saturated rings. The Balaban J connectivity index is 2.00. The normalized spacial score (nSPS) is 15.9. The molecule has 1 amide bonds. The van der Waals surface area contributed by atoms with E-state index in [1.165, 1.54) is 24.5 Å². The molecule has 0 saturated heterocycles. The van der Waals surface area contributed by atoms with Crippen LogP contribution in [0.4, 0.5) is 5.13 Å². The minimum Gasteiger partial charge on any atom is -0.297 e. The summed E-state index contributed by atoms with van der Waals surface area (Å²) in [4.78, 5) is 17.6. The average Bonchev–Trinajstić information content (AvgIpc) is 2.88. The van der Waals surface area contributed by atoms with Crippen LogP contribution in [0.15, 0.2) is 41.1 Å². The van der Waals surface area contributed by atoms with E-state index in [4.69, 9.17) is 0 Å². The van der Waals surface area contributed by atoms with Crippen molar-refractivity contribution in [1.82, 2.24) is 9.29 Å². The number of thiazole rings is 1. The number of carbonyl (C=O) groups is 1. The molecule has 1 aliphatic heterocycles. The number of nitrogens with one attached hydrogen (secondary N) is 1. The van der Waals surface area contributed by atoms with Gasteiger partial charge in [-0.25, -0.2) is 13.4 Å². The lowest BCUT2D eigenvalue weighted by molar-refractivity contribution is -0.113. The Kier molecular flexibility index (Phi) is 3.50. The fraction of sp³-hybridized carbons (Fsp3) is 0.143. The third-order valence-corrected chi connectivity index (χ3v) is 5.94. The van der Waals surface area contributed by atoms with Gasteiger partial charge in [-0.15, -0.1) is 11.3 Å². The van der Waals surface area contributed by atoms with E-state index in [1.807, 2.05) is 6.92 Å². The maximum atomic E-state index is 12.5. The predicted octanol–water partition coefficient (Wildman–Crippen LogP) is 2.07. The number of amides is 1. The van der Waals surface area contributed by atoms with Crippen LogP contribution in [0, 0.1) is 6.92 Å². The first-order valence-corrected chi connectivity index (χ1v) is 8.68. The number of fused-ring (bicyclic) bond motifs is 1. The zero-order valence-corrected chi connectivity index (χ0v) is 13.5. The smallest absolute Gasteiger partial charge is 0.274 e. The van der Waals surface area contributed by atoms with Crippen LogP contribution in [-0.2, 0) is 14.8 Å². The van der Waals surface area contributed by atoms with Crippen LogP contribution in [0.2, 0.25) is 0 Å². The SMILES string of the molecule is Cc1cnc(NC(=O)C2=Cc3ccccc3S(=O)(=O)N2C)s1. The van der Waals surface area contributed by atoms with Crippen LogP contribution >= 0.6 is 11.3 Å². The van der Waals surface area contributed by atoms with Crippen molar-refractivity contribution in [3.05, 3.63) is 46.6 Å². The van der Waals surface area contributed by atoms with Crippen molar-refractivity contribution >= 4 is 38.5 Å². The summed E-state index contributed by atoms with van der Waals surface area (Å²) in [6.45, 7) is 1.88. The van der Waals surface area contributed by atoms with E-state index < -0.39 is 15.9 Å². The minimum atomic E-state index is -3.71. The number of rotatable bonds is 2. The quantitative estimate of drug-likeness (QED) is 0.911. The van der Waals surface area contributed by atoms with Crippen molar-refractivity contribution in [2.45, 2.75) is 11.8 Å². The molecule has 1 aromatic heterocycles. The Morgan fingerprint density at radius 2 is 2.05 bits per heavy atom. The predicted molar refractivity (Wildman–Crippen MR) is 84.8 cm³/mol. The van der Waals surface area contributed by atoms with Crippen molar-refractivity contribution in [2.75, 3.05) is 12.4 Å². The number of carbonyl (C=O) groups excluding carboxylic acids is 1. The van der Waals surface area contributed by atoms with Gasteiger partial charge in [-0.05, 0) is 24.6 Å². The summed E-state index contributed by atoms with van der Waals surface area (Å²) in [5.74, 6) is -0.505. The number of benzene rings is 1. The molecule has 0 radical (unpaired) electrons.